The molecule has 0 aliphatic rings. The maximum atomic E-state index is 5.46. The van der Waals surface area contributed by atoms with Crippen molar-refractivity contribution in [3.63, 3.8) is 0 Å². The lowest BCUT2D eigenvalue weighted by atomic mass is 10.1. The standard InChI is InChI=1S/C10H19N/c1-8(2)5-9(3)6-10(4)7-11/h5-6,9H,7,11H2,1-4H3/b10-6+. The molecular weight excluding hydrogens is 134 g/mol. The van der Waals surface area contributed by atoms with Crippen LogP contribution in [0, 0.1) is 5.92 Å². The molecule has 0 spiro atoms. The Hall–Kier alpha value is -0.560. The van der Waals surface area contributed by atoms with Crippen LogP contribution in [0.5, 0.6) is 0 Å². The number of rotatable bonds is 3. The average Bonchev–Trinajstić information content (AvgIpc) is 1.85. The fourth-order valence-electron chi connectivity index (χ4n) is 1.09. The van der Waals surface area contributed by atoms with Gasteiger partial charge in [-0.3, -0.25) is 0 Å². The van der Waals surface area contributed by atoms with Crippen molar-refractivity contribution < 1.29 is 0 Å². The smallest absolute Gasteiger partial charge is 0.0134 e. The van der Waals surface area contributed by atoms with Crippen LogP contribution in [-0.4, -0.2) is 6.54 Å². The number of hydrogen-bond acceptors (Lipinski definition) is 1. The second-order valence-electron chi connectivity index (χ2n) is 3.32. The number of allylic oxidation sites excluding steroid dienone is 3. The molecule has 1 unspecified atom stereocenters. The molecule has 0 aromatic heterocycles. The first kappa shape index (κ1) is 10.4. The van der Waals surface area contributed by atoms with E-state index in [0.29, 0.717) is 12.5 Å². The summed E-state index contributed by atoms with van der Waals surface area (Å²) in [6.07, 6.45) is 4.44. The summed E-state index contributed by atoms with van der Waals surface area (Å²) in [5, 5.41) is 0. The first-order valence-electron chi connectivity index (χ1n) is 4.08. The van der Waals surface area contributed by atoms with E-state index in [4.69, 9.17) is 5.73 Å². The zero-order valence-corrected chi connectivity index (χ0v) is 8.02. The van der Waals surface area contributed by atoms with Crippen molar-refractivity contribution in [1.82, 2.24) is 0 Å². The van der Waals surface area contributed by atoms with Crippen LogP contribution in [0.4, 0.5) is 0 Å². The van der Waals surface area contributed by atoms with Crippen LogP contribution in [0.15, 0.2) is 23.3 Å². The third kappa shape index (κ3) is 5.86. The van der Waals surface area contributed by atoms with Crippen molar-refractivity contribution in [1.29, 1.82) is 0 Å². The second-order valence-corrected chi connectivity index (χ2v) is 3.32. The topological polar surface area (TPSA) is 26.0 Å². The van der Waals surface area contributed by atoms with Crippen LogP contribution in [-0.2, 0) is 0 Å². The third-order valence-electron chi connectivity index (χ3n) is 1.47. The summed E-state index contributed by atoms with van der Waals surface area (Å²) in [6.45, 7) is 9.13. The maximum absolute atomic E-state index is 5.46. The highest BCUT2D eigenvalue weighted by Crippen LogP contribution is 2.06. The van der Waals surface area contributed by atoms with Gasteiger partial charge >= 0.3 is 0 Å². The molecule has 0 radical (unpaired) electrons. The van der Waals surface area contributed by atoms with E-state index in [1.807, 2.05) is 0 Å². The van der Waals surface area contributed by atoms with Gasteiger partial charge in [0.15, 0.2) is 0 Å². The monoisotopic (exact) mass is 153 g/mol. The molecule has 0 saturated carbocycles. The van der Waals surface area contributed by atoms with E-state index in [9.17, 15) is 0 Å². The van der Waals surface area contributed by atoms with Gasteiger partial charge in [0.2, 0.25) is 0 Å². The molecule has 1 atom stereocenters. The minimum Gasteiger partial charge on any atom is -0.327 e. The van der Waals surface area contributed by atoms with Crippen molar-refractivity contribution in [3.8, 4) is 0 Å². The molecule has 2 N–H and O–H groups in total. The lowest BCUT2D eigenvalue weighted by Crippen LogP contribution is -2.01. The first-order valence-corrected chi connectivity index (χ1v) is 4.08. The molecule has 0 saturated heterocycles. The van der Waals surface area contributed by atoms with E-state index < -0.39 is 0 Å². The van der Waals surface area contributed by atoms with Gasteiger partial charge in [-0.25, -0.2) is 0 Å². The van der Waals surface area contributed by atoms with Gasteiger partial charge in [0.25, 0.3) is 0 Å². The molecule has 0 fully saturated rings. The average molecular weight is 153 g/mol. The SMILES string of the molecule is CC(C)=CC(C)/C=C(\C)CN. The van der Waals surface area contributed by atoms with Gasteiger partial charge in [0.1, 0.15) is 0 Å². The zero-order valence-electron chi connectivity index (χ0n) is 8.02. The summed E-state index contributed by atoms with van der Waals surface area (Å²) in [7, 11) is 0. The van der Waals surface area contributed by atoms with Gasteiger partial charge in [-0.1, -0.05) is 30.2 Å². The van der Waals surface area contributed by atoms with Gasteiger partial charge in [-0.15, -0.1) is 0 Å². The lowest BCUT2D eigenvalue weighted by Gasteiger charge is -2.02. The van der Waals surface area contributed by atoms with E-state index in [2.05, 4.69) is 39.8 Å². The van der Waals surface area contributed by atoms with Gasteiger partial charge in [0, 0.05) is 6.54 Å². The second kappa shape index (κ2) is 5.14. The lowest BCUT2D eigenvalue weighted by molar-refractivity contribution is 0.901. The number of nitrogens with two attached hydrogens (primary N) is 1. The van der Waals surface area contributed by atoms with E-state index in [-0.39, 0.29) is 0 Å². The minimum atomic E-state index is 0.517. The predicted molar refractivity (Wildman–Crippen MR) is 51.4 cm³/mol. The third-order valence-corrected chi connectivity index (χ3v) is 1.47. The molecule has 0 aliphatic carbocycles. The highest BCUT2D eigenvalue weighted by atomic mass is 14.5. The van der Waals surface area contributed by atoms with Gasteiger partial charge < -0.3 is 5.73 Å². The van der Waals surface area contributed by atoms with Crippen molar-refractivity contribution in [2.24, 2.45) is 11.7 Å². The van der Waals surface area contributed by atoms with Crippen LogP contribution in [0.25, 0.3) is 0 Å². The van der Waals surface area contributed by atoms with Crippen LogP contribution < -0.4 is 5.73 Å². The van der Waals surface area contributed by atoms with Crippen molar-refractivity contribution in [2.45, 2.75) is 27.7 Å². The molecule has 0 rings (SSSR count). The molecule has 0 heterocycles. The summed E-state index contributed by atoms with van der Waals surface area (Å²) in [5.41, 5.74) is 8.08. The number of hydrogen-bond donors (Lipinski definition) is 1. The first-order chi connectivity index (χ1) is 5.06. The summed E-state index contributed by atoms with van der Waals surface area (Å²) < 4.78 is 0. The van der Waals surface area contributed by atoms with Gasteiger partial charge in [0.05, 0.1) is 0 Å². The highest BCUT2D eigenvalue weighted by molar-refractivity contribution is 5.09. The highest BCUT2D eigenvalue weighted by Gasteiger charge is 1.92. The normalized spacial score (nSPS) is 14.5. The molecule has 11 heavy (non-hydrogen) atoms. The molecular formula is C10H19N. The van der Waals surface area contributed by atoms with Crippen molar-refractivity contribution >= 4 is 0 Å². The Kier molecular flexibility index (Phi) is 4.88. The Bertz CT molecular complexity index is 162. The Morgan fingerprint density at radius 1 is 1.27 bits per heavy atom. The molecule has 0 bridgehead atoms. The molecule has 64 valence electrons. The Morgan fingerprint density at radius 2 is 1.82 bits per heavy atom. The molecule has 1 nitrogen and oxygen atoms in total. The summed E-state index contributed by atoms with van der Waals surface area (Å²) >= 11 is 0. The Morgan fingerprint density at radius 3 is 2.18 bits per heavy atom. The van der Waals surface area contributed by atoms with E-state index in [1.54, 1.807) is 0 Å². The fraction of sp³-hybridized carbons (Fsp3) is 0.600. The Labute approximate surface area is 70.0 Å². The fourth-order valence-corrected chi connectivity index (χ4v) is 1.09. The van der Waals surface area contributed by atoms with Crippen LogP contribution in [0.1, 0.15) is 27.7 Å². The summed E-state index contributed by atoms with van der Waals surface area (Å²) in [4.78, 5) is 0. The van der Waals surface area contributed by atoms with Crippen LogP contribution in [0.2, 0.25) is 0 Å². The maximum Gasteiger partial charge on any atom is 0.0134 e. The van der Waals surface area contributed by atoms with Crippen molar-refractivity contribution in [2.75, 3.05) is 6.54 Å². The van der Waals surface area contributed by atoms with E-state index in [0.717, 1.165) is 0 Å². The molecule has 1 heteroatoms. The molecule has 0 aliphatic heterocycles. The minimum absolute atomic E-state index is 0.517. The Balaban J connectivity index is 4.06. The van der Waals surface area contributed by atoms with Gasteiger partial charge in [-0.05, 0) is 26.7 Å². The van der Waals surface area contributed by atoms with E-state index in [1.165, 1.54) is 11.1 Å². The zero-order chi connectivity index (χ0) is 8.85. The molecule has 0 amide bonds. The summed E-state index contributed by atoms with van der Waals surface area (Å²) in [6, 6.07) is 0. The predicted octanol–water partition coefficient (Wildman–Crippen LogP) is 2.49. The molecule has 0 aromatic carbocycles. The van der Waals surface area contributed by atoms with Crippen molar-refractivity contribution in [3.05, 3.63) is 23.3 Å². The molecule has 0 aromatic rings. The summed E-state index contributed by atoms with van der Waals surface area (Å²) in [5.74, 6) is 0.517. The van der Waals surface area contributed by atoms with Crippen LogP contribution >= 0.6 is 0 Å². The quantitative estimate of drug-likeness (QED) is 0.619. The van der Waals surface area contributed by atoms with Gasteiger partial charge in [-0.2, -0.15) is 0 Å². The van der Waals surface area contributed by atoms with E-state index >= 15 is 0 Å². The largest absolute Gasteiger partial charge is 0.327 e. The van der Waals surface area contributed by atoms with Crippen LogP contribution in [0.3, 0.4) is 0 Å².